The molecule has 5 nitrogen and oxygen atoms in total. The van der Waals surface area contributed by atoms with Crippen molar-refractivity contribution in [2.24, 2.45) is 0 Å². The molecule has 4 atom stereocenters. The summed E-state index contributed by atoms with van der Waals surface area (Å²) in [6, 6.07) is 0. The van der Waals surface area contributed by atoms with E-state index in [1.165, 1.54) is 7.11 Å². The van der Waals surface area contributed by atoms with Crippen LogP contribution in [0.4, 0.5) is 0 Å². The van der Waals surface area contributed by atoms with Gasteiger partial charge in [0.1, 0.15) is 12.2 Å². The highest BCUT2D eigenvalue weighted by molar-refractivity contribution is 4.82. The number of ether oxygens (including phenoxy) is 2. The van der Waals surface area contributed by atoms with Crippen LogP contribution >= 0.6 is 0 Å². The van der Waals surface area contributed by atoms with Crippen molar-refractivity contribution < 1.29 is 24.8 Å². The van der Waals surface area contributed by atoms with Crippen molar-refractivity contribution >= 4 is 0 Å². The zero-order valence-corrected chi connectivity index (χ0v) is 6.88. The first-order chi connectivity index (χ1) is 5.69. The van der Waals surface area contributed by atoms with Crippen LogP contribution in [0.5, 0.6) is 0 Å². The lowest BCUT2D eigenvalue weighted by atomic mass is 10.0. The summed E-state index contributed by atoms with van der Waals surface area (Å²) < 4.78 is 9.76. The fourth-order valence-electron chi connectivity index (χ4n) is 1.30. The van der Waals surface area contributed by atoms with Gasteiger partial charge in [-0.25, -0.2) is 0 Å². The molecule has 12 heavy (non-hydrogen) atoms. The number of methoxy groups -OCH3 is 1. The highest BCUT2D eigenvalue weighted by Gasteiger charge is 2.36. The lowest BCUT2D eigenvalue weighted by molar-refractivity contribution is -0.243. The first-order valence-electron chi connectivity index (χ1n) is 3.84. The predicted octanol–water partition coefficient (Wildman–Crippen LogP) is -1.54. The second-order valence-electron chi connectivity index (χ2n) is 2.81. The second-order valence-corrected chi connectivity index (χ2v) is 2.81. The van der Waals surface area contributed by atoms with E-state index in [4.69, 9.17) is 19.7 Å². The van der Waals surface area contributed by atoms with E-state index in [1.54, 1.807) is 0 Å². The minimum absolute atomic E-state index is 0.230. The summed E-state index contributed by atoms with van der Waals surface area (Å²) in [5, 5.41) is 27.3. The number of hydrogen-bond donors (Lipinski definition) is 3. The quantitative estimate of drug-likeness (QED) is 0.477. The Balaban J connectivity index is 2.55. The van der Waals surface area contributed by atoms with E-state index in [9.17, 15) is 5.11 Å². The van der Waals surface area contributed by atoms with Crippen LogP contribution in [0.3, 0.4) is 0 Å². The van der Waals surface area contributed by atoms with Gasteiger partial charge in [-0.15, -0.1) is 0 Å². The molecule has 1 fully saturated rings. The molecule has 0 unspecified atom stereocenters. The lowest BCUT2D eigenvalue weighted by Crippen LogP contribution is -2.50. The molecule has 0 amide bonds. The minimum Gasteiger partial charge on any atom is -0.394 e. The van der Waals surface area contributed by atoms with Crippen molar-refractivity contribution in [3.63, 3.8) is 0 Å². The van der Waals surface area contributed by atoms with E-state index in [1.807, 2.05) is 0 Å². The molecule has 1 aliphatic rings. The molecular formula is C7H14O5. The first kappa shape index (κ1) is 9.88. The molecule has 1 rings (SSSR count). The van der Waals surface area contributed by atoms with Crippen molar-refractivity contribution in [2.75, 3.05) is 13.7 Å². The Hall–Kier alpha value is -0.200. The molecular weight excluding hydrogens is 164 g/mol. The molecule has 0 bridgehead atoms. The van der Waals surface area contributed by atoms with Gasteiger partial charge in [0, 0.05) is 13.5 Å². The zero-order chi connectivity index (χ0) is 9.14. The van der Waals surface area contributed by atoms with Crippen molar-refractivity contribution in [3.05, 3.63) is 0 Å². The summed E-state index contributed by atoms with van der Waals surface area (Å²) in [5.74, 6) is 0. The van der Waals surface area contributed by atoms with Gasteiger partial charge in [0.2, 0.25) is 0 Å². The Morgan fingerprint density at radius 1 is 1.50 bits per heavy atom. The van der Waals surface area contributed by atoms with Crippen molar-refractivity contribution in [1.29, 1.82) is 0 Å². The van der Waals surface area contributed by atoms with Crippen molar-refractivity contribution in [3.8, 4) is 0 Å². The average Bonchev–Trinajstić information content (AvgIpc) is 2.08. The zero-order valence-electron chi connectivity index (χ0n) is 6.88. The van der Waals surface area contributed by atoms with Gasteiger partial charge in [0.15, 0.2) is 6.29 Å². The first-order valence-corrected chi connectivity index (χ1v) is 3.84. The number of aliphatic hydroxyl groups is 3. The van der Waals surface area contributed by atoms with E-state index in [0.29, 0.717) is 0 Å². The van der Waals surface area contributed by atoms with Crippen LogP contribution in [0.15, 0.2) is 0 Å². The molecule has 3 N–H and O–H groups in total. The van der Waals surface area contributed by atoms with Gasteiger partial charge in [0.05, 0.1) is 12.7 Å². The lowest BCUT2D eigenvalue weighted by Gasteiger charge is -2.35. The standard InChI is InChI=1S/C7H14O5/c1-11-4-2-6(9)12-5(3-8)7(4)10/h4-10H,2-3H2,1H3/t4-,5-,6-,7+/m1/s1. The second kappa shape index (κ2) is 4.15. The number of aliphatic hydroxyl groups excluding tert-OH is 3. The molecule has 1 aliphatic heterocycles. The Morgan fingerprint density at radius 3 is 2.67 bits per heavy atom. The maximum Gasteiger partial charge on any atom is 0.157 e. The highest BCUT2D eigenvalue weighted by atomic mass is 16.6. The number of hydrogen-bond acceptors (Lipinski definition) is 5. The fraction of sp³-hybridized carbons (Fsp3) is 1.00. The van der Waals surface area contributed by atoms with Crippen LogP contribution < -0.4 is 0 Å². The van der Waals surface area contributed by atoms with Crippen molar-refractivity contribution in [1.82, 2.24) is 0 Å². The smallest absolute Gasteiger partial charge is 0.157 e. The Bertz CT molecular complexity index is 126. The van der Waals surface area contributed by atoms with Crippen LogP contribution in [0, 0.1) is 0 Å². The monoisotopic (exact) mass is 178 g/mol. The Morgan fingerprint density at radius 2 is 2.17 bits per heavy atom. The SMILES string of the molecule is CO[C@@H]1C[C@H](O)O[C@H](CO)[C@H]1O. The maximum absolute atomic E-state index is 9.43. The normalized spacial score (nSPS) is 43.0. The summed E-state index contributed by atoms with van der Waals surface area (Å²) in [7, 11) is 1.44. The maximum atomic E-state index is 9.43. The molecule has 0 aromatic rings. The van der Waals surface area contributed by atoms with Gasteiger partial charge >= 0.3 is 0 Å². The minimum atomic E-state index is -0.963. The van der Waals surface area contributed by atoms with Gasteiger partial charge in [0.25, 0.3) is 0 Å². The predicted molar refractivity (Wildman–Crippen MR) is 39.4 cm³/mol. The van der Waals surface area contributed by atoms with E-state index in [0.717, 1.165) is 0 Å². The molecule has 1 heterocycles. The average molecular weight is 178 g/mol. The molecule has 0 spiro atoms. The third-order valence-corrected chi connectivity index (χ3v) is 2.01. The number of rotatable bonds is 2. The van der Waals surface area contributed by atoms with Crippen molar-refractivity contribution in [2.45, 2.75) is 31.0 Å². The highest BCUT2D eigenvalue weighted by Crippen LogP contribution is 2.20. The van der Waals surface area contributed by atoms with Gasteiger partial charge < -0.3 is 24.8 Å². The fourth-order valence-corrected chi connectivity index (χ4v) is 1.30. The molecule has 0 aliphatic carbocycles. The largest absolute Gasteiger partial charge is 0.394 e. The molecule has 0 radical (unpaired) electrons. The van der Waals surface area contributed by atoms with Gasteiger partial charge in [-0.3, -0.25) is 0 Å². The summed E-state index contributed by atoms with van der Waals surface area (Å²) in [4.78, 5) is 0. The molecule has 0 aromatic carbocycles. The van der Waals surface area contributed by atoms with Crippen LogP contribution in [0.2, 0.25) is 0 Å². The van der Waals surface area contributed by atoms with Crippen LogP contribution in [0.25, 0.3) is 0 Å². The molecule has 0 aromatic heterocycles. The van der Waals surface area contributed by atoms with Gasteiger partial charge in [-0.2, -0.15) is 0 Å². The molecule has 72 valence electrons. The van der Waals surface area contributed by atoms with Crippen LogP contribution in [-0.4, -0.2) is 53.6 Å². The van der Waals surface area contributed by atoms with E-state index < -0.39 is 24.6 Å². The van der Waals surface area contributed by atoms with E-state index in [-0.39, 0.29) is 13.0 Å². The van der Waals surface area contributed by atoms with Crippen LogP contribution in [0.1, 0.15) is 6.42 Å². The van der Waals surface area contributed by atoms with E-state index >= 15 is 0 Å². The summed E-state index contributed by atoms with van der Waals surface area (Å²) in [6.07, 6.45) is -2.82. The topological polar surface area (TPSA) is 79.2 Å². The Kier molecular flexibility index (Phi) is 3.42. The summed E-state index contributed by atoms with van der Waals surface area (Å²) in [5.41, 5.74) is 0. The summed E-state index contributed by atoms with van der Waals surface area (Å²) >= 11 is 0. The van der Waals surface area contributed by atoms with Gasteiger partial charge in [-0.1, -0.05) is 0 Å². The third kappa shape index (κ3) is 1.94. The van der Waals surface area contributed by atoms with Gasteiger partial charge in [-0.05, 0) is 0 Å². The molecule has 0 saturated carbocycles. The van der Waals surface area contributed by atoms with Crippen LogP contribution in [-0.2, 0) is 9.47 Å². The molecule has 5 heteroatoms. The summed E-state index contributed by atoms with van der Waals surface area (Å²) in [6.45, 7) is -0.321. The third-order valence-electron chi connectivity index (χ3n) is 2.01. The Labute approximate surface area is 70.5 Å². The molecule has 1 saturated heterocycles. The van der Waals surface area contributed by atoms with E-state index in [2.05, 4.69) is 0 Å².